The van der Waals surface area contributed by atoms with E-state index < -0.39 is 35.1 Å². The molecule has 1 rings (SSSR count). The molecular weight excluding hydrogens is 232 g/mol. The molecule has 1 aromatic rings. The minimum absolute atomic E-state index is 0.379. The molecule has 0 heterocycles. The van der Waals surface area contributed by atoms with E-state index in [2.05, 4.69) is 4.74 Å². The van der Waals surface area contributed by atoms with Crippen LogP contribution in [-0.4, -0.2) is 12.3 Å². The first-order chi connectivity index (χ1) is 7.20. The average molecular weight is 238 g/mol. The minimum atomic E-state index is -4.97. The van der Waals surface area contributed by atoms with Crippen LogP contribution in [0.25, 0.3) is 0 Å². The van der Waals surface area contributed by atoms with Crippen LogP contribution in [0.3, 0.4) is 0 Å². The molecule has 0 atom stereocenters. The Kier molecular flexibility index (Phi) is 2.92. The van der Waals surface area contributed by atoms with E-state index in [1.54, 1.807) is 0 Å². The lowest BCUT2D eigenvalue weighted by Crippen LogP contribution is -2.19. The third kappa shape index (κ3) is 2.75. The number of nitrogens with two attached hydrogens (primary N) is 2. The maximum atomic E-state index is 13.1. The normalized spacial score (nSPS) is 11.2. The second-order valence-corrected chi connectivity index (χ2v) is 2.78. The smallest absolute Gasteiger partial charge is 0.406 e. The molecule has 88 valence electrons. The van der Waals surface area contributed by atoms with Crippen LogP contribution in [0.15, 0.2) is 12.1 Å². The number of halogens is 4. The van der Waals surface area contributed by atoms with E-state index >= 15 is 0 Å². The highest BCUT2D eigenvalue weighted by Crippen LogP contribution is 2.28. The number of rotatable bonds is 2. The summed E-state index contributed by atoms with van der Waals surface area (Å²) in [7, 11) is 0. The molecule has 0 aliphatic rings. The molecule has 8 heteroatoms. The number of carbonyl (C=O) groups is 1. The molecule has 1 amide bonds. The SMILES string of the molecule is NC(=O)c1c(N)cc(OC(F)(F)F)cc1F. The highest BCUT2D eigenvalue weighted by molar-refractivity contribution is 5.98. The van der Waals surface area contributed by atoms with Crippen LogP contribution in [-0.2, 0) is 0 Å². The van der Waals surface area contributed by atoms with E-state index in [0.29, 0.717) is 12.1 Å². The van der Waals surface area contributed by atoms with Gasteiger partial charge in [0.05, 0.1) is 11.3 Å². The van der Waals surface area contributed by atoms with Gasteiger partial charge in [0.2, 0.25) is 0 Å². The standard InChI is InChI=1S/C8H6F4N2O2/c9-4-1-3(16-8(10,11)12)2-5(13)6(4)7(14)15/h1-2H,13H2,(H2,14,15). The van der Waals surface area contributed by atoms with Gasteiger partial charge in [-0.05, 0) is 0 Å². The average Bonchev–Trinajstić information content (AvgIpc) is 1.96. The Morgan fingerprint density at radius 1 is 1.31 bits per heavy atom. The van der Waals surface area contributed by atoms with Crippen LogP contribution in [0.1, 0.15) is 10.4 Å². The summed E-state index contributed by atoms with van der Waals surface area (Å²) in [6.07, 6.45) is -4.97. The number of benzene rings is 1. The molecule has 16 heavy (non-hydrogen) atoms. The molecule has 0 spiro atoms. The number of anilines is 1. The van der Waals surface area contributed by atoms with Gasteiger partial charge in [-0.25, -0.2) is 4.39 Å². The fourth-order valence-electron chi connectivity index (χ4n) is 1.05. The predicted molar refractivity (Wildman–Crippen MR) is 46.0 cm³/mol. The van der Waals surface area contributed by atoms with Crippen LogP contribution in [0.2, 0.25) is 0 Å². The van der Waals surface area contributed by atoms with Gasteiger partial charge in [0.1, 0.15) is 11.6 Å². The van der Waals surface area contributed by atoms with E-state index in [1.807, 2.05) is 0 Å². The molecule has 0 fully saturated rings. The van der Waals surface area contributed by atoms with Gasteiger partial charge in [-0.15, -0.1) is 13.2 Å². The molecule has 4 nitrogen and oxygen atoms in total. The Labute approximate surface area is 86.8 Å². The van der Waals surface area contributed by atoms with Gasteiger partial charge in [0.15, 0.2) is 0 Å². The first-order valence-corrected chi connectivity index (χ1v) is 3.85. The van der Waals surface area contributed by atoms with E-state index in [1.165, 1.54) is 0 Å². The number of primary amides is 1. The Morgan fingerprint density at radius 2 is 1.88 bits per heavy atom. The van der Waals surface area contributed by atoms with Crippen LogP contribution < -0.4 is 16.2 Å². The summed E-state index contributed by atoms with van der Waals surface area (Å²) in [4.78, 5) is 10.7. The fraction of sp³-hybridized carbons (Fsp3) is 0.125. The van der Waals surface area contributed by atoms with Gasteiger partial charge >= 0.3 is 6.36 Å². The van der Waals surface area contributed by atoms with Crippen molar-refractivity contribution in [3.05, 3.63) is 23.5 Å². The Bertz CT molecular complexity index is 408. The van der Waals surface area contributed by atoms with Crippen molar-refractivity contribution in [2.24, 2.45) is 5.73 Å². The lowest BCUT2D eigenvalue weighted by molar-refractivity contribution is -0.274. The summed E-state index contributed by atoms with van der Waals surface area (Å²) < 4.78 is 51.9. The summed E-state index contributed by atoms with van der Waals surface area (Å²) in [5.41, 5.74) is 8.73. The second-order valence-electron chi connectivity index (χ2n) is 2.78. The number of carbonyl (C=O) groups excluding carboxylic acids is 1. The first-order valence-electron chi connectivity index (χ1n) is 3.85. The molecule has 0 aromatic heterocycles. The van der Waals surface area contributed by atoms with Gasteiger partial charge in [-0.2, -0.15) is 0 Å². The van der Waals surface area contributed by atoms with Crippen molar-refractivity contribution in [3.8, 4) is 5.75 Å². The zero-order chi connectivity index (χ0) is 12.5. The van der Waals surface area contributed by atoms with E-state index in [-0.39, 0.29) is 0 Å². The molecular formula is C8H6F4N2O2. The Hall–Kier alpha value is -1.99. The van der Waals surface area contributed by atoms with Gasteiger partial charge in [0.25, 0.3) is 5.91 Å². The third-order valence-electron chi connectivity index (χ3n) is 1.57. The van der Waals surface area contributed by atoms with Gasteiger partial charge in [0, 0.05) is 12.1 Å². The summed E-state index contributed by atoms with van der Waals surface area (Å²) in [6.45, 7) is 0. The number of nitrogen functional groups attached to an aromatic ring is 1. The second kappa shape index (κ2) is 3.87. The largest absolute Gasteiger partial charge is 0.573 e. The minimum Gasteiger partial charge on any atom is -0.406 e. The highest BCUT2D eigenvalue weighted by atomic mass is 19.4. The van der Waals surface area contributed by atoms with E-state index in [9.17, 15) is 22.4 Å². The molecule has 4 N–H and O–H groups in total. The van der Waals surface area contributed by atoms with Gasteiger partial charge in [-0.1, -0.05) is 0 Å². The van der Waals surface area contributed by atoms with Crippen molar-refractivity contribution in [1.29, 1.82) is 0 Å². The topological polar surface area (TPSA) is 78.3 Å². The van der Waals surface area contributed by atoms with Gasteiger partial charge < -0.3 is 16.2 Å². The number of hydrogen-bond acceptors (Lipinski definition) is 3. The molecule has 1 aromatic carbocycles. The first kappa shape index (κ1) is 12.1. The molecule has 0 radical (unpaired) electrons. The number of amides is 1. The highest BCUT2D eigenvalue weighted by Gasteiger charge is 2.31. The molecule has 0 saturated carbocycles. The summed E-state index contributed by atoms with van der Waals surface area (Å²) in [5.74, 6) is -3.30. The van der Waals surface area contributed by atoms with Crippen LogP contribution >= 0.6 is 0 Å². The summed E-state index contributed by atoms with van der Waals surface area (Å²) in [5, 5.41) is 0. The van der Waals surface area contributed by atoms with Crippen molar-refractivity contribution in [3.63, 3.8) is 0 Å². The molecule has 0 aliphatic heterocycles. The molecule has 0 saturated heterocycles. The number of alkyl halides is 3. The predicted octanol–water partition coefficient (Wildman–Crippen LogP) is 1.41. The van der Waals surface area contributed by atoms with Crippen LogP contribution in [0, 0.1) is 5.82 Å². The maximum absolute atomic E-state index is 13.1. The Balaban J connectivity index is 3.15. The van der Waals surface area contributed by atoms with E-state index in [4.69, 9.17) is 11.5 Å². The van der Waals surface area contributed by atoms with Crippen molar-refractivity contribution >= 4 is 11.6 Å². The molecule has 0 aliphatic carbocycles. The van der Waals surface area contributed by atoms with Crippen molar-refractivity contribution in [2.75, 3.05) is 5.73 Å². The summed E-state index contributed by atoms with van der Waals surface area (Å²) >= 11 is 0. The van der Waals surface area contributed by atoms with Crippen molar-refractivity contribution in [1.82, 2.24) is 0 Å². The third-order valence-corrected chi connectivity index (χ3v) is 1.57. The zero-order valence-electron chi connectivity index (χ0n) is 7.64. The number of ether oxygens (including phenoxy) is 1. The van der Waals surface area contributed by atoms with Gasteiger partial charge in [-0.3, -0.25) is 4.79 Å². The van der Waals surface area contributed by atoms with Crippen molar-refractivity contribution in [2.45, 2.75) is 6.36 Å². The molecule has 0 bridgehead atoms. The summed E-state index contributed by atoms with van der Waals surface area (Å²) in [6, 6.07) is 1.04. The lowest BCUT2D eigenvalue weighted by atomic mass is 10.1. The van der Waals surface area contributed by atoms with Crippen molar-refractivity contribution < 1.29 is 27.1 Å². The Morgan fingerprint density at radius 3 is 2.25 bits per heavy atom. The van der Waals surface area contributed by atoms with E-state index in [0.717, 1.165) is 0 Å². The van der Waals surface area contributed by atoms with Crippen LogP contribution in [0.4, 0.5) is 23.2 Å². The fourth-order valence-corrected chi connectivity index (χ4v) is 1.05. The number of hydrogen-bond donors (Lipinski definition) is 2. The monoisotopic (exact) mass is 238 g/mol. The quantitative estimate of drug-likeness (QED) is 0.603. The van der Waals surface area contributed by atoms with Crippen LogP contribution in [0.5, 0.6) is 5.75 Å². The lowest BCUT2D eigenvalue weighted by Gasteiger charge is -2.11. The zero-order valence-corrected chi connectivity index (χ0v) is 7.64. The molecule has 0 unspecified atom stereocenters. The maximum Gasteiger partial charge on any atom is 0.573 e.